The molecule has 0 spiro atoms. The van der Waals surface area contributed by atoms with Crippen molar-refractivity contribution in [3.05, 3.63) is 86.8 Å². The van der Waals surface area contributed by atoms with Gasteiger partial charge in [0.1, 0.15) is 4.90 Å². The number of anilines is 2. The number of halogens is 2. The van der Waals surface area contributed by atoms with E-state index in [1.54, 1.807) is 30.3 Å². The average Bonchev–Trinajstić information content (AvgIpc) is 3.26. The van der Waals surface area contributed by atoms with Gasteiger partial charge in [-0.1, -0.05) is 40.2 Å². The fourth-order valence-corrected chi connectivity index (χ4v) is 6.01. The molecule has 166 valence electrons. The van der Waals surface area contributed by atoms with Gasteiger partial charge in [0, 0.05) is 40.8 Å². The van der Waals surface area contributed by atoms with E-state index in [-0.39, 0.29) is 10.9 Å². The van der Waals surface area contributed by atoms with E-state index in [0.717, 1.165) is 23.4 Å². The smallest absolute Gasteiger partial charge is 0.263 e. The number of rotatable bonds is 6. The van der Waals surface area contributed by atoms with Gasteiger partial charge in [0.25, 0.3) is 10.0 Å². The van der Waals surface area contributed by atoms with Gasteiger partial charge in [-0.3, -0.25) is 4.72 Å². The molecule has 0 radical (unpaired) electrons. The lowest BCUT2D eigenvalue weighted by Crippen LogP contribution is -2.13. The molecule has 1 atom stereocenters. The summed E-state index contributed by atoms with van der Waals surface area (Å²) in [7, 11) is 0.313. The second-order valence-electron chi connectivity index (χ2n) is 7.69. The summed E-state index contributed by atoms with van der Waals surface area (Å²) in [5, 5.41) is 4.50. The van der Waals surface area contributed by atoms with Crippen LogP contribution in [0, 0.1) is 0 Å². The van der Waals surface area contributed by atoms with Crippen LogP contribution in [-0.4, -0.2) is 28.2 Å². The van der Waals surface area contributed by atoms with Gasteiger partial charge in [0.15, 0.2) is 0 Å². The van der Waals surface area contributed by atoms with Gasteiger partial charge < -0.3 is 10.3 Å². The minimum absolute atomic E-state index is 0.119. The van der Waals surface area contributed by atoms with Crippen molar-refractivity contribution in [3.8, 4) is 0 Å². The second-order valence-corrected chi connectivity index (χ2v) is 11.1. The summed E-state index contributed by atoms with van der Waals surface area (Å²) in [5.41, 5.74) is 7.93. The molecule has 1 heterocycles. The molecule has 1 aliphatic rings. The third-order valence-corrected chi connectivity index (χ3v) is 8.09. The molecule has 0 bridgehead atoms. The van der Waals surface area contributed by atoms with Gasteiger partial charge in [-0.15, -0.1) is 0 Å². The highest BCUT2D eigenvalue weighted by atomic mass is 79.9. The Morgan fingerprint density at radius 3 is 2.34 bits per heavy atom. The molecule has 32 heavy (non-hydrogen) atoms. The maximum atomic E-state index is 12.8. The van der Waals surface area contributed by atoms with E-state index < -0.39 is 10.0 Å². The molecule has 2 N–H and O–H groups in total. The third-order valence-electron chi connectivity index (χ3n) is 5.22. The van der Waals surface area contributed by atoms with Gasteiger partial charge in [-0.2, -0.15) is 5.10 Å². The lowest BCUT2D eigenvalue weighted by molar-refractivity contribution is 0.600. The van der Waals surface area contributed by atoms with Crippen LogP contribution in [0.1, 0.15) is 23.6 Å². The van der Waals surface area contributed by atoms with Crippen LogP contribution in [0.25, 0.3) is 0 Å². The zero-order chi connectivity index (χ0) is 22.9. The van der Waals surface area contributed by atoms with Crippen molar-refractivity contribution in [2.45, 2.75) is 17.4 Å². The fraction of sp³-hybridized carbons (Fsp3) is 0.174. The normalized spacial score (nSPS) is 15.8. The summed E-state index contributed by atoms with van der Waals surface area (Å²) in [6.07, 6.45) is 0.761. The largest absolute Gasteiger partial charge is 0.378 e. The van der Waals surface area contributed by atoms with Crippen molar-refractivity contribution in [3.63, 3.8) is 0 Å². The monoisotopic (exact) mass is 576 g/mol. The van der Waals surface area contributed by atoms with Gasteiger partial charge >= 0.3 is 0 Å². The van der Waals surface area contributed by atoms with Gasteiger partial charge in [0.2, 0.25) is 0 Å². The van der Waals surface area contributed by atoms with Gasteiger partial charge in [-0.05, 0) is 69.5 Å². The summed E-state index contributed by atoms with van der Waals surface area (Å²) < 4.78 is 29.4. The van der Waals surface area contributed by atoms with E-state index in [2.05, 4.69) is 76.3 Å². The second kappa shape index (κ2) is 9.25. The molecule has 0 amide bonds. The van der Waals surface area contributed by atoms with Crippen LogP contribution in [0.3, 0.4) is 0 Å². The SMILES string of the molecule is CN(C)c1ccc(C2CC(c3ccc(NS(=O)(=O)c4cc(Br)ccc4Br)cc3)=NN2)cc1. The fourth-order valence-electron chi connectivity index (χ4n) is 3.44. The molecular weight excluding hydrogens is 556 g/mol. The first kappa shape index (κ1) is 22.8. The lowest BCUT2D eigenvalue weighted by atomic mass is 9.99. The van der Waals surface area contributed by atoms with Crippen LogP contribution in [0.2, 0.25) is 0 Å². The third kappa shape index (κ3) is 5.00. The van der Waals surface area contributed by atoms with E-state index in [9.17, 15) is 8.42 Å². The molecule has 3 aromatic rings. The first-order chi connectivity index (χ1) is 15.2. The first-order valence-corrected chi connectivity index (χ1v) is 13.0. The predicted octanol–water partition coefficient (Wildman–Crippen LogP) is 5.52. The number of sulfonamides is 1. The number of hydrazone groups is 1. The highest BCUT2D eigenvalue weighted by molar-refractivity contribution is 9.11. The Morgan fingerprint density at radius 1 is 1.00 bits per heavy atom. The van der Waals surface area contributed by atoms with Gasteiger partial charge in [-0.25, -0.2) is 8.42 Å². The summed E-state index contributed by atoms with van der Waals surface area (Å²) >= 11 is 6.63. The molecule has 0 saturated heterocycles. The van der Waals surface area contributed by atoms with Crippen LogP contribution in [-0.2, 0) is 10.0 Å². The van der Waals surface area contributed by atoms with Crippen molar-refractivity contribution in [2.75, 3.05) is 23.7 Å². The van der Waals surface area contributed by atoms with Crippen LogP contribution in [0.15, 0.2) is 85.7 Å². The van der Waals surface area contributed by atoms with Crippen molar-refractivity contribution < 1.29 is 8.42 Å². The average molecular weight is 578 g/mol. The summed E-state index contributed by atoms with van der Waals surface area (Å²) in [6, 6.07) is 20.8. The molecule has 0 fully saturated rings. The molecule has 4 rings (SSSR count). The molecule has 1 aliphatic heterocycles. The minimum Gasteiger partial charge on any atom is -0.378 e. The van der Waals surface area contributed by atoms with E-state index >= 15 is 0 Å². The van der Waals surface area contributed by atoms with E-state index in [1.165, 1.54) is 5.56 Å². The Bertz CT molecular complexity index is 1260. The molecule has 0 saturated carbocycles. The topological polar surface area (TPSA) is 73.8 Å². The molecule has 9 heteroatoms. The summed E-state index contributed by atoms with van der Waals surface area (Å²) in [6.45, 7) is 0. The van der Waals surface area contributed by atoms with Crippen LogP contribution < -0.4 is 15.0 Å². The Morgan fingerprint density at radius 2 is 1.69 bits per heavy atom. The first-order valence-electron chi connectivity index (χ1n) is 9.90. The van der Waals surface area contributed by atoms with Crippen molar-refractivity contribution in [2.24, 2.45) is 5.10 Å². The van der Waals surface area contributed by atoms with Crippen LogP contribution >= 0.6 is 31.9 Å². The van der Waals surface area contributed by atoms with Crippen molar-refractivity contribution in [1.82, 2.24) is 5.43 Å². The standard InChI is InChI=1S/C23H22Br2N4O2S/c1-29(2)19-10-5-16(6-11-19)22-14-21(26-27-22)15-3-8-18(9-4-15)28-32(30,31)23-13-17(24)7-12-20(23)25/h3-13,22,27-28H,14H2,1-2H3. The van der Waals surface area contributed by atoms with Crippen molar-refractivity contribution in [1.29, 1.82) is 0 Å². The maximum absolute atomic E-state index is 12.8. The van der Waals surface area contributed by atoms with Gasteiger partial charge in [0.05, 0.1) is 11.8 Å². The number of nitrogens with zero attached hydrogens (tertiary/aromatic N) is 2. The summed E-state index contributed by atoms with van der Waals surface area (Å²) in [5.74, 6) is 0. The Hall–Kier alpha value is -2.36. The van der Waals surface area contributed by atoms with E-state index in [4.69, 9.17) is 0 Å². The Kier molecular flexibility index (Phi) is 6.60. The van der Waals surface area contributed by atoms with E-state index in [1.807, 2.05) is 26.2 Å². The number of hydrogen-bond donors (Lipinski definition) is 2. The highest BCUT2D eigenvalue weighted by Crippen LogP contribution is 2.29. The predicted molar refractivity (Wildman–Crippen MR) is 137 cm³/mol. The highest BCUT2D eigenvalue weighted by Gasteiger charge is 2.22. The minimum atomic E-state index is -3.73. The number of benzene rings is 3. The van der Waals surface area contributed by atoms with Crippen LogP contribution in [0.4, 0.5) is 11.4 Å². The number of hydrogen-bond acceptors (Lipinski definition) is 5. The molecule has 1 unspecified atom stereocenters. The molecule has 3 aromatic carbocycles. The Labute approximate surface area is 205 Å². The molecular formula is C23H22Br2N4O2S. The van der Waals surface area contributed by atoms with Crippen LogP contribution in [0.5, 0.6) is 0 Å². The van der Waals surface area contributed by atoms with Crippen molar-refractivity contribution >= 4 is 59.0 Å². The molecule has 6 nitrogen and oxygen atoms in total. The zero-order valence-corrected chi connectivity index (χ0v) is 21.5. The summed E-state index contributed by atoms with van der Waals surface area (Å²) in [4.78, 5) is 2.24. The lowest BCUT2D eigenvalue weighted by Gasteiger charge is -2.15. The maximum Gasteiger partial charge on any atom is 0.263 e. The van der Waals surface area contributed by atoms with E-state index in [0.29, 0.717) is 14.6 Å². The quantitative estimate of drug-likeness (QED) is 0.405. The molecule has 0 aliphatic carbocycles. The number of nitrogens with one attached hydrogen (secondary N) is 2. The zero-order valence-electron chi connectivity index (χ0n) is 17.5. The molecule has 0 aromatic heterocycles. The Balaban J connectivity index is 1.44.